The van der Waals surface area contributed by atoms with Crippen LogP contribution in [0, 0.1) is 0 Å². The van der Waals surface area contributed by atoms with Crippen LogP contribution in [0.4, 0.5) is 0 Å². The number of nitrogens with zero attached hydrogens (tertiary/aromatic N) is 3. The third kappa shape index (κ3) is 2.78. The van der Waals surface area contributed by atoms with Crippen LogP contribution in [0.15, 0.2) is 24.5 Å². The van der Waals surface area contributed by atoms with Crippen LogP contribution in [0.25, 0.3) is 11.0 Å². The molecule has 0 atom stereocenters. The summed E-state index contributed by atoms with van der Waals surface area (Å²) in [4.78, 5) is 17.9. The summed E-state index contributed by atoms with van der Waals surface area (Å²) in [5.74, 6) is -0.922. The van der Waals surface area contributed by atoms with Gasteiger partial charge < -0.3 is 14.6 Å². The minimum Gasteiger partial charge on any atom is -0.478 e. The molecule has 0 unspecified atom stereocenters. The average Bonchev–Trinajstić information content (AvgIpc) is 3.14. The average molecular weight is 287 g/mol. The molecule has 1 N–H and O–H groups in total. The van der Waals surface area contributed by atoms with E-state index >= 15 is 0 Å². The van der Waals surface area contributed by atoms with Crippen LogP contribution < -0.4 is 0 Å². The number of rotatable bonds is 5. The number of carbonyl (C=O) groups is 1. The van der Waals surface area contributed by atoms with Crippen LogP contribution in [-0.4, -0.2) is 45.2 Å². The number of carboxylic acid groups (broad SMARTS) is 1. The Kier molecular flexibility index (Phi) is 3.92. The van der Waals surface area contributed by atoms with E-state index in [0.29, 0.717) is 11.6 Å². The van der Waals surface area contributed by atoms with Crippen LogP contribution in [0.3, 0.4) is 0 Å². The second kappa shape index (κ2) is 5.85. The van der Waals surface area contributed by atoms with Gasteiger partial charge in [-0.05, 0) is 32.0 Å². The number of carboxylic acids is 1. The Morgan fingerprint density at radius 1 is 1.43 bits per heavy atom. The van der Waals surface area contributed by atoms with Gasteiger partial charge in [0.25, 0.3) is 0 Å². The molecule has 0 amide bonds. The van der Waals surface area contributed by atoms with Gasteiger partial charge in [0, 0.05) is 19.1 Å². The lowest BCUT2D eigenvalue weighted by molar-refractivity contribution is 0.0699. The normalized spacial score (nSPS) is 16.1. The summed E-state index contributed by atoms with van der Waals surface area (Å²) in [5, 5.41) is 9.20. The Bertz CT molecular complexity index is 644. The molecule has 3 rings (SSSR count). The van der Waals surface area contributed by atoms with E-state index in [2.05, 4.69) is 16.9 Å². The summed E-state index contributed by atoms with van der Waals surface area (Å²) in [6, 6.07) is 6.02. The van der Waals surface area contributed by atoms with E-state index in [1.807, 2.05) is 10.6 Å². The van der Waals surface area contributed by atoms with Crippen molar-refractivity contribution in [2.75, 3.05) is 13.6 Å². The molecule has 21 heavy (non-hydrogen) atoms. The third-order valence-corrected chi connectivity index (χ3v) is 4.52. The molecule has 1 aromatic carbocycles. The maximum Gasteiger partial charge on any atom is 0.337 e. The first-order valence-electron chi connectivity index (χ1n) is 7.54. The fraction of sp³-hybridized carbons (Fsp3) is 0.500. The van der Waals surface area contributed by atoms with Crippen LogP contribution >= 0.6 is 0 Å². The smallest absolute Gasteiger partial charge is 0.337 e. The SMILES string of the molecule is CN(CCn1cnc2c(C(=O)O)cccc21)C1CCCC1. The molecule has 0 spiro atoms. The van der Waals surface area contributed by atoms with Crippen LogP contribution in [0.2, 0.25) is 0 Å². The van der Waals surface area contributed by atoms with Gasteiger partial charge >= 0.3 is 5.97 Å². The number of hydrogen-bond donors (Lipinski definition) is 1. The molecule has 0 radical (unpaired) electrons. The number of imidazole rings is 1. The standard InChI is InChI=1S/C16H21N3O2/c1-18(12-5-2-3-6-12)9-10-19-11-17-15-13(16(20)21)7-4-8-14(15)19/h4,7-8,11-12H,2-3,5-6,9-10H2,1H3,(H,20,21). The molecule has 5 nitrogen and oxygen atoms in total. The van der Waals surface area contributed by atoms with Gasteiger partial charge in [-0.3, -0.25) is 0 Å². The first-order chi connectivity index (χ1) is 10.2. The quantitative estimate of drug-likeness (QED) is 0.918. The Hall–Kier alpha value is -1.88. The highest BCUT2D eigenvalue weighted by Gasteiger charge is 2.19. The first-order valence-corrected chi connectivity index (χ1v) is 7.54. The van der Waals surface area contributed by atoms with E-state index in [1.165, 1.54) is 25.7 Å². The van der Waals surface area contributed by atoms with Crippen molar-refractivity contribution >= 4 is 17.0 Å². The molecular weight excluding hydrogens is 266 g/mol. The van der Waals surface area contributed by atoms with Gasteiger partial charge in [-0.25, -0.2) is 9.78 Å². The van der Waals surface area contributed by atoms with E-state index in [-0.39, 0.29) is 5.56 Å². The third-order valence-electron chi connectivity index (χ3n) is 4.52. The number of para-hydroxylation sites is 1. The minimum atomic E-state index is -0.922. The van der Waals surface area contributed by atoms with E-state index in [0.717, 1.165) is 18.6 Å². The number of likely N-dealkylation sites (N-methyl/N-ethyl adjacent to an activating group) is 1. The molecule has 5 heteroatoms. The number of aromatic nitrogens is 2. The highest BCUT2D eigenvalue weighted by atomic mass is 16.4. The molecular formula is C16H21N3O2. The second-order valence-electron chi connectivity index (χ2n) is 5.84. The van der Waals surface area contributed by atoms with Crippen LogP contribution in [-0.2, 0) is 6.54 Å². The molecule has 0 bridgehead atoms. The highest BCUT2D eigenvalue weighted by molar-refractivity contribution is 6.00. The van der Waals surface area contributed by atoms with E-state index in [1.54, 1.807) is 18.5 Å². The Balaban J connectivity index is 1.75. The maximum atomic E-state index is 11.2. The summed E-state index contributed by atoms with van der Waals surface area (Å²) in [6.07, 6.45) is 7.02. The van der Waals surface area contributed by atoms with Gasteiger partial charge in [0.15, 0.2) is 0 Å². The zero-order valence-corrected chi connectivity index (χ0v) is 12.3. The lowest BCUT2D eigenvalue weighted by Crippen LogP contribution is -2.32. The molecule has 1 aliphatic carbocycles. The Labute approximate surface area is 124 Å². The van der Waals surface area contributed by atoms with Crippen molar-refractivity contribution in [2.24, 2.45) is 0 Å². The maximum absolute atomic E-state index is 11.2. The predicted octanol–water partition coefficient (Wildman–Crippen LogP) is 2.61. The molecule has 112 valence electrons. The number of benzene rings is 1. The second-order valence-corrected chi connectivity index (χ2v) is 5.84. The zero-order chi connectivity index (χ0) is 14.8. The summed E-state index contributed by atoms with van der Waals surface area (Å²) >= 11 is 0. The van der Waals surface area contributed by atoms with E-state index in [9.17, 15) is 9.90 Å². The molecule has 1 saturated carbocycles. The molecule has 1 aliphatic rings. The zero-order valence-electron chi connectivity index (χ0n) is 12.3. The lowest BCUT2D eigenvalue weighted by Gasteiger charge is -2.24. The van der Waals surface area contributed by atoms with Crippen molar-refractivity contribution in [3.8, 4) is 0 Å². The van der Waals surface area contributed by atoms with E-state index < -0.39 is 5.97 Å². The molecule has 2 aromatic rings. The fourth-order valence-electron chi connectivity index (χ4n) is 3.23. The van der Waals surface area contributed by atoms with Gasteiger partial charge in [0.1, 0.15) is 5.52 Å². The lowest BCUT2D eigenvalue weighted by atomic mass is 10.2. The Morgan fingerprint density at radius 2 is 2.19 bits per heavy atom. The Morgan fingerprint density at radius 3 is 2.90 bits per heavy atom. The number of fused-ring (bicyclic) bond motifs is 1. The van der Waals surface area contributed by atoms with Crippen molar-refractivity contribution in [3.63, 3.8) is 0 Å². The summed E-state index contributed by atoms with van der Waals surface area (Å²) < 4.78 is 2.05. The monoisotopic (exact) mass is 287 g/mol. The molecule has 1 heterocycles. The fourth-order valence-corrected chi connectivity index (χ4v) is 3.23. The number of aromatic carboxylic acids is 1. The number of hydrogen-bond acceptors (Lipinski definition) is 3. The van der Waals surface area contributed by atoms with Gasteiger partial charge in [0.05, 0.1) is 17.4 Å². The molecule has 1 fully saturated rings. The molecule has 1 aromatic heterocycles. The van der Waals surface area contributed by atoms with Gasteiger partial charge in [-0.15, -0.1) is 0 Å². The largest absolute Gasteiger partial charge is 0.478 e. The molecule has 0 saturated heterocycles. The first kappa shape index (κ1) is 14.1. The van der Waals surface area contributed by atoms with Crippen LogP contribution in [0.5, 0.6) is 0 Å². The van der Waals surface area contributed by atoms with Crippen molar-refractivity contribution in [1.29, 1.82) is 0 Å². The predicted molar refractivity (Wildman–Crippen MR) is 81.6 cm³/mol. The van der Waals surface area contributed by atoms with Crippen LogP contribution in [0.1, 0.15) is 36.0 Å². The highest BCUT2D eigenvalue weighted by Crippen LogP contribution is 2.22. The molecule has 0 aliphatic heterocycles. The summed E-state index contributed by atoms with van der Waals surface area (Å²) in [5.41, 5.74) is 1.75. The summed E-state index contributed by atoms with van der Waals surface area (Å²) in [6.45, 7) is 1.81. The summed E-state index contributed by atoms with van der Waals surface area (Å²) in [7, 11) is 2.18. The minimum absolute atomic E-state index is 0.274. The van der Waals surface area contributed by atoms with Crippen molar-refractivity contribution < 1.29 is 9.90 Å². The van der Waals surface area contributed by atoms with Crippen molar-refractivity contribution in [1.82, 2.24) is 14.5 Å². The van der Waals surface area contributed by atoms with Gasteiger partial charge in [-0.2, -0.15) is 0 Å². The van der Waals surface area contributed by atoms with Crippen molar-refractivity contribution in [3.05, 3.63) is 30.1 Å². The van der Waals surface area contributed by atoms with Crippen molar-refractivity contribution in [2.45, 2.75) is 38.3 Å². The topological polar surface area (TPSA) is 58.4 Å². The van der Waals surface area contributed by atoms with E-state index in [4.69, 9.17) is 0 Å². The van der Waals surface area contributed by atoms with Gasteiger partial charge in [0.2, 0.25) is 0 Å². The van der Waals surface area contributed by atoms with Gasteiger partial charge in [-0.1, -0.05) is 18.9 Å².